The number of nitrogen functional groups attached to an aromatic ring is 1. The van der Waals surface area contributed by atoms with E-state index >= 15 is 0 Å². The van der Waals surface area contributed by atoms with Gasteiger partial charge in [0.15, 0.2) is 11.6 Å². The topological polar surface area (TPSA) is 65.2 Å². The quantitative estimate of drug-likeness (QED) is 0.794. The van der Waals surface area contributed by atoms with Crippen LogP contribution in [-0.4, -0.2) is 5.16 Å². The van der Waals surface area contributed by atoms with E-state index in [1.54, 1.807) is 12.5 Å². The maximum atomic E-state index is 5.71. The molecule has 0 unspecified atom stereocenters. The van der Waals surface area contributed by atoms with Gasteiger partial charge in [0.1, 0.15) is 6.26 Å². The van der Waals surface area contributed by atoms with E-state index in [0.29, 0.717) is 11.6 Å². The first-order valence-electron chi connectivity index (χ1n) is 4.47. The van der Waals surface area contributed by atoms with Gasteiger partial charge in [0, 0.05) is 5.56 Å². The largest absolute Gasteiger partial charge is 0.472 e. The Balaban J connectivity index is 2.54. The Kier molecular flexibility index (Phi) is 2.04. The van der Waals surface area contributed by atoms with Crippen molar-refractivity contribution in [2.24, 2.45) is 0 Å². The van der Waals surface area contributed by atoms with Gasteiger partial charge in [-0.1, -0.05) is 19.0 Å². The zero-order chi connectivity index (χ0) is 10.1. The second-order valence-corrected chi connectivity index (χ2v) is 3.48. The molecular formula is C10H12N2O2. The highest BCUT2D eigenvalue weighted by Crippen LogP contribution is 2.33. The van der Waals surface area contributed by atoms with Crippen molar-refractivity contribution in [3.63, 3.8) is 0 Å². The first kappa shape index (κ1) is 8.87. The monoisotopic (exact) mass is 192 g/mol. The minimum Gasteiger partial charge on any atom is -0.472 e. The average molecular weight is 192 g/mol. The van der Waals surface area contributed by atoms with Gasteiger partial charge in [-0.2, -0.15) is 0 Å². The molecule has 0 aliphatic carbocycles. The predicted molar refractivity (Wildman–Crippen MR) is 52.7 cm³/mol. The molecule has 0 radical (unpaired) electrons. The van der Waals surface area contributed by atoms with E-state index in [9.17, 15) is 0 Å². The normalized spacial score (nSPS) is 11.1. The summed E-state index contributed by atoms with van der Waals surface area (Å²) < 4.78 is 10.2. The third kappa shape index (κ3) is 1.28. The highest BCUT2D eigenvalue weighted by atomic mass is 16.5. The average Bonchev–Trinajstić information content (AvgIpc) is 2.70. The van der Waals surface area contributed by atoms with Crippen molar-refractivity contribution in [3.05, 3.63) is 24.2 Å². The molecule has 0 saturated carbocycles. The minimum absolute atomic E-state index is 0.283. The molecule has 14 heavy (non-hydrogen) atoms. The molecule has 0 aromatic carbocycles. The molecular weight excluding hydrogens is 180 g/mol. The lowest BCUT2D eigenvalue weighted by atomic mass is 10.0. The van der Waals surface area contributed by atoms with Gasteiger partial charge >= 0.3 is 0 Å². The summed E-state index contributed by atoms with van der Waals surface area (Å²) in [5, 5.41) is 3.75. The molecule has 74 valence electrons. The third-order valence-corrected chi connectivity index (χ3v) is 2.12. The van der Waals surface area contributed by atoms with Crippen molar-refractivity contribution in [3.8, 4) is 11.3 Å². The van der Waals surface area contributed by atoms with Gasteiger partial charge in [0.25, 0.3) is 0 Å². The summed E-state index contributed by atoms with van der Waals surface area (Å²) in [7, 11) is 0. The predicted octanol–water partition coefficient (Wildman–Crippen LogP) is 2.64. The fraction of sp³-hybridized carbons (Fsp3) is 0.300. The molecule has 2 rings (SSSR count). The number of rotatable bonds is 2. The third-order valence-electron chi connectivity index (χ3n) is 2.12. The fourth-order valence-electron chi connectivity index (χ4n) is 1.47. The second kappa shape index (κ2) is 3.21. The van der Waals surface area contributed by atoms with Gasteiger partial charge in [-0.15, -0.1) is 0 Å². The lowest BCUT2D eigenvalue weighted by Crippen LogP contribution is -1.94. The van der Waals surface area contributed by atoms with Crippen LogP contribution < -0.4 is 5.73 Å². The van der Waals surface area contributed by atoms with Crippen LogP contribution in [-0.2, 0) is 0 Å². The molecule has 4 heteroatoms. The first-order chi connectivity index (χ1) is 6.70. The van der Waals surface area contributed by atoms with Crippen molar-refractivity contribution in [2.45, 2.75) is 19.8 Å². The molecule has 2 N–H and O–H groups in total. The van der Waals surface area contributed by atoms with Gasteiger partial charge < -0.3 is 14.7 Å². The van der Waals surface area contributed by atoms with Crippen molar-refractivity contribution in [2.75, 3.05) is 5.73 Å². The Morgan fingerprint density at radius 2 is 2.21 bits per heavy atom. The Morgan fingerprint density at radius 3 is 2.79 bits per heavy atom. The standard InChI is InChI=1S/C10H12N2O2/c1-6(2)8-9(14-12-10(8)11)7-3-4-13-5-7/h3-6H,1-2H3,(H2,11,12). The molecule has 0 bridgehead atoms. The number of nitrogens with two attached hydrogens (primary N) is 1. The van der Waals surface area contributed by atoms with Gasteiger partial charge in [-0.05, 0) is 12.0 Å². The van der Waals surface area contributed by atoms with Crippen molar-refractivity contribution in [1.29, 1.82) is 0 Å². The molecule has 0 spiro atoms. The van der Waals surface area contributed by atoms with E-state index in [2.05, 4.69) is 5.16 Å². The molecule has 0 aliphatic heterocycles. The SMILES string of the molecule is CC(C)c1c(N)noc1-c1ccoc1. The Bertz CT molecular complexity index is 415. The molecule has 2 aromatic rings. The van der Waals surface area contributed by atoms with Crippen LogP contribution in [0, 0.1) is 0 Å². The van der Waals surface area contributed by atoms with E-state index in [1.165, 1.54) is 0 Å². The lowest BCUT2D eigenvalue weighted by Gasteiger charge is -2.02. The van der Waals surface area contributed by atoms with Gasteiger partial charge in [0.2, 0.25) is 0 Å². The van der Waals surface area contributed by atoms with Crippen LogP contribution in [0.25, 0.3) is 11.3 Å². The van der Waals surface area contributed by atoms with Gasteiger partial charge in [-0.3, -0.25) is 0 Å². The summed E-state index contributed by atoms with van der Waals surface area (Å²) in [6, 6.07) is 1.83. The Hall–Kier alpha value is -1.71. The van der Waals surface area contributed by atoms with Gasteiger partial charge in [0.05, 0.1) is 11.8 Å². The molecule has 0 fully saturated rings. The maximum absolute atomic E-state index is 5.71. The zero-order valence-corrected chi connectivity index (χ0v) is 8.15. The molecule has 0 atom stereocenters. The zero-order valence-electron chi connectivity index (χ0n) is 8.15. The summed E-state index contributed by atoms with van der Waals surface area (Å²) >= 11 is 0. The van der Waals surface area contributed by atoms with E-state index in [4.69, 9.17) is 14.7 Å². The first-order valence-corrected chi connectivity index (χ1v) is 4.47. The minimum atomic E-state index is 0.283. The summed E-state index contributed by atoms with van der Waals surface area (Å²) in [4.78, 5) is 0. The number of aromatic nitrogens is 1. The smallest absolute Gasteiger partial charge is 0.175 e. The number of nitrogens with zero attached hydrogens (tertiary/aromatic N) is 1. The van der Waals surface area contributed by atoms with Crippen molar-refractivity contribution in [1.82, 2.24) is 5.16 Å². The van der Waals surface area contributed by atoms with E-state index < -0.39 is 0 Å². The molecule has 0 amide bonds. The van der Waals surface area contributed by atoms with Crippen LogP contribution in [0.2, 0.25) is 0 Å². The summed E-state index contributed by atoms with van der Waals surface area (Å²) in [6.45, 7) is 4.10. The van der Waals surface area contributed by atoms with E-state index in [1.807, 2.05) is 19.9 Å². The summed E-state index contributed by atoms with van der Waals surface area (Å²) in [5.74, 6) is 1.44. The number of furan rings is 1. The van der Waals surface area contributed by atoms with Crippen LogP contribution in [0.5, 0.6) is 0 Å². The Morgan fingerprint density at radius 1 is 1.43 bits per heavy atom. The van der Waals surface area contributed by atoms with E-state index in [-0.39, 0.29) is 5.92 Å². The Labute approximate surface area is 81.7 Å². The number of anilines is 1. The van der Waals surface area contributed by atoms with Crippen LogP contribution in [0.15, 0.2) is 27.5 Å². The van der Waals surface area contributed by atoms with Crippen LogP contribution in [0.4, 0.5) is 5.82 Å². The summed E-state index contributed by atoms with van der Waals surface area (Å²) in [5.41, 5.74) is 7.52. The van der Waals surface area contributed by atoms with E-state index in [0.717, 1.165) is 11.1 Å². The molecule has 0 saturated heterocycles. The summed E-state index contributed by atoms with van der Waals surface area (Å²) in [6.07, 6.45) is 3.21. The second-order valence-electron chi connectivity index (χ2n) is 3.48. The lowest BCUT2D eigenvalue weighted by molar-refractivity contribution is 0.434. The van der Waals surface area contributed by atoms with Crippen LogP contribution >= 0.6 is 0 Å². The highest BCUT2D eigenvalue weighted by Gasteiger charge is 2.18. The van der Waals surface area contributed by atoms with Crippen molar-refractivity contribution >= 4 is 5.82 Å². The number of hydrogen-bond acceptors (Lipinski definition) is 4. The molecule has 0 aliphatic rings. The molecule has 2 aromatic heterocycles. The van der Waals surface area contributed by atoms with Gasteiger partial charge in [-0.25, -0.2) is 0 Å². The molecule has 4 nitrogen and oxygen atoms in total. The van der Waals surface area contributed by atoms with Crippen molar-refractivity contribution < 1.29 is 8.94 Å². The maximum Gasteiger partial charge on any atom is 0.175 e. The van der Waals surface area contributed by atoms with Crippen LogP contribution in [0.3, 0.4) is 0 Å². The fourth-order valence-corrected chi connectivity index (χ4v) is 1.47. The number of hydrogen-bond donors (Lipinski definition) is 1. The van der Waals surface area contributed by atoms with Crippen LogP contribution in [0.1, 0.15) is 25.3 Å². The highest BCUT2D eigenvalue weighted by molar-refractivity contribution is 5.65. The molecule has 2 heterocycles.